The highest BCUT2D eigenvalue weighted by Gasteiger charge is 1.98. The van der Waals surface area contributed by atoms with Crippen LogP contribution in [0.25, 0.3) is 0 Å². The van der Waals surface area contributed by atoms with Crippen molar-refractivity contribution >= 4 is 16.8 Å². The zero-order valence-electron chi connectivity index (χ0n) is 4.37. The summed E-state index contributed by atoms with van der Waals surface area (Å²) in [7, 11) is 0. The number of hydrogen-bond donors (Lipinski definition) is 2. The lowest BCUT2D eigenvalue weighted by Crippen LogP contribution is -1.85. The van der Waals surface area contributed by atoms with Gasteiger partial charge in [0, 0.05) is 6.20 Å². The van der Waals surface area contributed by atoms with Gasteiger partial charge in [-0.1, -0.05) is 16.8 Å². The summed E-state index contributed by atoms with van der Waals surface area (Å²) in [5, 5.41) is 17.0. The third kappa shape index (κ3) is 1.20. The van der Waals surface area contributed by atoms with Crippen molar-refractivity contribution in [2.24, 2.45) is 5.16 Å². The fraction of sp³-hybridized carbons (Fsp3) is 0. The molecule has 0 aliphatic heterocycles. The van der Waals surface area contributed by atoms with Crippen molar-refractivity contribution in [2.75, 3.05) is 0 Å². The van der Waals surface area contributed by atoms with Crippen LogP contribution < -0.4 is 0 Å². The van der Waals surface area contributed by atoms with Crippen LogP contribution in [0.4, 0.5) is 0 Å². The molecule has 0 amide bonds. The minimum atomic E-state index is 0.0313. The number of hydrogen-bond acceptors (Lipinski definition) is 3. The van der Waals surface area contributed by atoms with Crippen molar-refractivity contribution in [3.63, 3.8) is 0 Å². The van der Waals surface area contributed by atoms with E-state index in [2.05, 4.69) is 15.4 Å². The fourth-order valence-electron chi connectivity index (χ4n) is 0.421. The van der Waals surface area contributed by atoms with Crippen molar-refractivity contribution in [1.82, 2.24) is 10.2 Å². The molecule has 48 valence electrons. The Kier molecular flexibility index (Phi) is 1.69. The molecule has 1 rings (SSSR count). The highest BCUT2D eigenvalue weighted by molar-refractivity contribution is 6.69. The van der Waals surface area contributed by atoms with E-state index in [0.29, 0.717) is 5.56 Å². The smallest absolute Gasteiger partial charge is 0.178 e. The van der Waals surface area contributed by atoms with Crippen LogP contribution in [0.2, 0.25) is 0 Å². The van der Waals surface area contributed by atoms with Gasteiger partial charge >= 0.3 is 0 Å². The molecule has 1 aromatic heterocycles. The van der Waals surface area contributed by atoms with E-state index in [-0.39, 0.29) is 5.17 Å². The average Bonchev–Trinajstić information content (AvgIpc) is 2.37. The van der Waals surface area contributed by atoms with Crippen molar-refractivity contribution in [1.29, 1.82) is 0 Å². The summed E-state index contributed by atoms with van der Waals surface area (Å²) in [6, 6.07) is 0. The zero-order valence-corrected chi connectivity index (χ0v) is 5.13. The predicted octanol–water partition coefficient (Wildman–Crippen LogP) is 0.784. The van der Waals surface area contributed by atoms with E-state index in [4.69, 9.17) is 16.8 Å². The molecule has 0 radical (unpaired) electrons. The van der Waals surface area contributed by atoms with Crippen LogP contribution in [0.1, 0.15) is 5.56 Å². The molecule has 4 nitrogen and oxygen atoms in total. The van der Waals surface area contributed by atoms with E-state index in [1.165, 1.54) is 12.4 Å². The Morgan fingerprint density at radius 1 is 1.89 bits per heavy atom. The maximum absolute atomic E-state index is 8.12. The third-order valence-corrected chi connectivity index (χ3v) is 1.12. The van der Waals surface area contributed by atoms with Gasteiger partial charge in [-0.05, 0) is 0 Å². The summed E-state index contributed by atoms with van der Waals surface area (Å²) >= 11 is 5.37. The van der Waals surface area contributed by atoms with E-state index in [9.17, 15) is 0 Å². The minimum absolute atomic E-state index is 0.0313. The van der Waals surface area contributed by atoms with Gasteiger partial charge in [-0.15, -0.1) is 0 Å². The fourth-order valence-corrected chi connectivity index (χ4v) is 0.525. The summed E-state index contributed by atoms with van der Waals surface area (Å²) in [5.74, 6) is 0. The number of rotatable bonds is 1. The van der Waals surface area contributed by atoms with Gasteiger partial charge in [0.15, 0.2) is 5.17 Å². The van der Waals surface area contributed by atoms with Gasteiger partial charge in [0.1, 0.15) is 0 Å². The standard InChI is InChI=1S/C4H4ClN3O/c5-4(8-9)3-1-6-7-2-3/h1-2,9H,(H,6,7). The molecule has 0 saturated heterocycles. The van der Waals surface area contributed by atoms with Crippen LogP contribution in [0, 0.1) is 0 Å². The molecular weight excluding hydrogens is 142 g/mol. The van der Waals surface area contributed by atoms with Crippen LogP contribution >= 0.6 is 11.6 Å². The van der Waals surface area contributed by atoms with E-state index >= 15 is 0 Å². The minimum Gasteiger partial charge on any atom is -0.410 e. The first-order valence-electron chi connectivity index (χ1n) is 2.21. The lowest BCUT2D eigenvalue weighted by atomic mass is 10.4. The molecule has 1 aromatic rings. The normalized spacial score (nSPS) is 11.9. The van der Waals surface area contributed by atoms with Gasteiger partial charge in [0.05, 0.1) is 11.8 Å². The molecule has 0 fully saturated rings. The lowest BCUT2D eigenvalue weighted by molar-refractivity contribution is 0.321. The van der Waals surface area contributed by atoms with Crippen LogP contribution in [0.5, 0.6) is 0 Å². The molecule has 0 aliphatic carbocycles. The number of halogens is 1. The number of aromatic nitrogens is 2. The van der Waals surface area contributed by atoms with Crippen LogP contribution in [0.3, 0.4) is 0 Å². The number of aromatic amines is 1. The Morgan fingerprint density at radius 3 is 3.11 bits per heavy atom. The molecule has 0 unspecified atom stereocenters. The van der Waals surface area contributed by atoms with Gasteiger partial charge in [-0.25, -0.2) is 0 Å². The van der Waals surface area contributed by atoms with Gasteiger partial charge < -0.3 is 5.21 Å². The molecule has 0 spiro atoms. The first kappa shape index (κ1) is 6.10. The molecule has 0 saturated carbocycles. The largest absolute Gasteiger partial charge is 0.410 e. The number of nitrogens with zero attached hydrogens (tertiary/aromatic N) is 2. The van der Waals surface area contributed by atoms with Gasteiger partial charge in [0.25, 0.3) is 0 Å². The van der Waals surface area contributed by atoms with Gasteiger partial charge in [0.2, 0.25) is 0 Å². The number of nitrogens with one attached hydrogen (secondary N) is 1. The summed E-state index contributed by atoms with van der Waals surface area (Å²) in [6.07, 6.45) is 2.99. The topological polar surface area (TPSA) is 61.3 Å². The first-order chi connectivity index (χ1) is 4.34. The average molecular weight is 146 g/mol. The van der Waals surface area contributed by atoms with Crippen molar-refractivity contribution in [2.45, 2.75) is 0 Å². The molecule has 1 heterocycles. The van der Waals surface area contributed by atoms with Crippen molar-refractivity contribution in [3.05, 3.63) is 18.0 Å². The molecule has 9 heavy (non-hydrogen) atoms. The summed E-state index contributed by atoms with van der Waals surface area (Å²) < 4.78 is 0. The second-order valence-electron chi connectivity index (χ2n) is 1.38. The Hall–Kier alpha value is -1.03. The van der Waals surface area contributed by atoms with E-state index < -0.39 is 0 Å². The quantitative estimate of drug-likeness (QED) is 0.349. The molecule has 0 aromatic carbocycles. The van der Waals surface area contributed by atoms with Gasteiger partial charge in [-0.3, -0.25) is 5.10 Å². The summed E-state index contributed by atoms with van der Waals surface area (Å²) in [4.78, 5) is 0. The SMILES string of the molecule is ON=C(Cl)c1cn[nH]c1. The lowest BCUT2D eigenvalue weighted by Gasteiger charge is -1.82. The molecule has 2 N–H and O–H groups in total. The molecule has 0 atom stereocenters. The molecule has 5 heteroatoms. The summed E-state index contributed by atoms with van der Waals surface area (Å²) in [6.45, 7) is 0. The molecule has 0 aliphatic rings. The van der Waals surface area contributed by atoms with Crippen molar-refractivity contribution in [3.8, 4) is 0 Å². The highest BCUT2D eigenvalue weighted by Crippen LogP contribution is 1.99. The molecular formula is C4H4ClN3O. The Balaban J connectivity index is 2.90. The first-order valence-corrected chi connectivity index (χ1v) is 2.59. The van der Waals surface area contributed by atoms with E-state index in [1.54, 1.807) is 0 Å². The zero-order chi connectivity index (χ0) is 6.69. The maximum Gasteiger partial charge on any atom is 0.178 e. The van der Waals surface area contributed by atoms with Gasteiger partial charge in [-0.2, -0.15) is 5.10 Å². The third-order valence-electron chi connectivity index (χ3n) is 0.824. The van der Waals surface area contributed by atoms with E-state index in [0.717, 1.165) is 0 Å². The second-order valence-corrected chi connectivity index (χ2v) is 1.74. The van der Waals surface area contributed by atoms with Crippen molar-refractivity contribution < 1.29 is 5.21 Å². The number of H-pyrrole nitrogens is 1. The molecule has 0 bridgehead atoms. The summed E-state index contributed by atoms with van der Waals surface area (Å²) in [5.41, 5.74) is 0.569. The monoisotopic (exact) mass is 145 g/mol. The van der Waals surface area contributed by atoms with E-state index in [1.807, 2.05) is 0 Å². The predicted molar refractivity (Wildman–Crippen MR) is 32.8 cm³/mol. The van der Waals surface area contributed by atoms with Crippen LogP contribution in [-0.2, 0) is 0 Å². The second kappa shape index (κ2) is 2.50. The van der Waals surface area contributed by atoms with Crippen LogP contribution in [0.15, 0.2) is 17.5 Å². The Morgan fingerprint density at radius 2 is 2.67 bits per heavy atom. The number of oxime groups is 1. The maximum atomic E-state index is 8.12. The Labute approximate surface area is 56.1 Å². The van der Waals surface area contributed by atoms with Crippen LogP contribution in [-0.4, -0.2) is 20.6 Å². The Bertz CT molecular complexity index is 206. The highest BCUT2D eigenvalue weighted by atomic mass is 35.5.